The van der Waals surface area contributed by atoms with E-state index >= 15 is 0 Å². The van der Waals surface area contributed by atoms with Gasteiger partial charge in [-0.2, -0.15) is 0 Å². The number of amides is 1. The molecule has 4 heterocycles. The first-order valence-electron chi connectivity index (χ1n) is 11.0. The minimum Gasteiger partial charge on any atom is -0.397 e. The van der Waals surface area contributed by atoms with Crippen molar-refractivity contribution in [1.82, 2.24) is 15.3 Å². The van der Waals surface area contributed by atoms with Crippen molar-refractivity contribution in [3.05, 3.63) is 46.1 Å². The third-order valence-electron chi connectivity index (χ3n) is 6.58. The summed E-state index contributed by atoms with van der Waals surface area (Å²) in [6.07, 6.45) is -0.317. The van der Waals surface area contributed by atoms with E-state index in [0.29, 0.717) is 35.8 Å². The van der Waals surface area contributed by atoms with Crippen LogP contribution >= 0.6 is 11.3 Å². The maximum Gasteiger partial charge on any atom is 0.263 e. The van der Waals surface area contributed by atoms with E-state index < -0.39 is 18.4 Å². The lowest BCUT2D eigenvalue weighted by Gasteiger charge is -2.26. The van der Waals surface area contributed by atoms with Crippen LogP contribution in [0.3, 0.4) is 0 Å². The molecule has 0 aromatic carbocycles. The Morgan fingerprint density at radius 1 is 1.24 bits per heavy atom. The first-order valence-corrected chi connectivity index (χ1v) is 11.9. The van der Waals surface area contributed by atoms with Crippen molar-refractivity contribution in [3.63, 3.8) is 0 Å². The van der Waals surface area contributed by atoms with Crippen molar-refractivity contribution in [1.29, 1.82) is 0 Å². The minimum atomic E-state index is -2.43. The minimum absolute atomic E-state index is 0.0274. The van der Waals surface area contributed by atoms with Gasteiger partial charge in [0.1, 0.15) is 15.5 Å². The number of nitrogen functional groups attached to an aromatic ring is 1. The zero-order chi connectivity index (χ0) is 23.3. The highest BCUT2D eigenvalue weighted by Gasteiger charge is 2.37. The fourth-order valence-electron chi connectivity index (χ4n) is 4.72. The zero-order valence-corrected chi connectivity index (χ0v) is 19.0. The number of nitrogens with one attached hydrogen (secondary N) is 1. The van der Waals surface area contributed by atoms with Gasteiger partial charge in [0.2, 0.25) is 6.43 Å². The number of thiophene rings is 1. The molecule has 2 aliphatic rings. The lowest BCUT2D eigenvalue weighted by atomic mass is 9.91. The number of hydrogen-bond donors (Lipinski definition) is 3. The molecule has 5 N–H and O–H groups in total. The molecule has 3 aromatic heterocycles. The van der Waals surface area contributed by atoms with Crippen molar-refractivity contribution in [2.24, 2.45) is 11.7 Å². The van der Waals surface area contributed by atoms with Crippen LogP contribution < -0.4 is 21.7 Å². The average molecular weight is 473 g/mol. The summed E-state index contributed by atoms with van der Waals surface area (Å²) in [5.74, 6) is -0.325. The van der Waals surface area contributed by atoms with Crippen LogP contribution in [0.2, 0.25) is 0 Å². The van der Waals surface area contributed by atoms with Gasteiger partial charge in [0.05, 0.1) is 11.6 Å². The molecule has 0 radical (unpaired) electrons. The molecule has 5 rings (SSSR count). The maximum absolute atomic E-state index is 13.2. The molecule has 1 aliphatic carbocycles. The summed E-state index contributed by atoms with van der Waals surface area (Å²) >= 11 is 1.31. The molecule has 174 valence electrons. The summed E-state index contributed by atoms with van der Waals surface area (Å²) in [6, 6.07) is 7.05. The topological polar surface area (TPSA) is 110 Å². The van der Waals surface area contributed by atoms with Gasteiger partial charge in [-0.05, 0) is 49.9 Å². The first-order chi connectivity index (χ1) is 15.8. The highest BCUT2D eigenvalue weighted by Crippen LogP contribution is 2.33. The van der Waals surface area contributed by atoms with Gasteiger partial charge in [0, 0.05) is 41.9 Å². The number of fused-ring (bicyclic) bond motifs is 2. The molecule has 1 aliphatic heterocycles. The summed E-state index contributed by atoms with van der Waals surface area (Å²) in [7, 11) is 0. The van der Waals surface area contributed by atoms with E-state index in [-0.39, 0.29) is 18.5 Å². The monoisotopic (exact) mass is 472 g/mol. The Labute approximate surface area is 194 Å². The summed E-state index contributed by atoms with van der Waals surface area (Å²) in [4.78, 5) is 25.2. The zero-order valence-electron chi connectivity index (χ0n) is 18.2. The van der Waals surface area contributed by atoms with E-state index in [9.17, 15) is 13.6 Å². The molecule has 10 heteroatoms. The molecule has 1 fully saturated rings. The SMILES string of the molecule is Cc1ccc2c(N)c(C(=O)N[C@H]3CCc4nc(N5CC(C(F)F)[C@H](N)C5)ccc4C3)sc2n1. The first kappa shape index (κ1) is 22.0. The molecule has 0 saturated carbocycles. The fraction of sp³-hybridized carbons (Fsp3) is 0.435. The Morgan fingerprint density at radius 3 is 2.82 bits per heavy atom. The van der Waals surface area contributed by atoms with Crippen molar-refractivity contribution in [2.45, 2.75) is 44.7 Å². The number of nitrogens with zero attached hydrogens (tertiary/aromatic N) is 3. The number of rotatable bonds is 4. The second-order valence-electron chi connectivity index (χ2n) is 8.91. The lowest BCUT2D eigenvalue weighted by Crippen LogP contribution is -2.39. The second-order valence-corrected chi connectivity index (χ2v) is 9.90. The molecule has 3 atom stereocenters. The van der Waals surface area contributed by atoms with Crippen molar-refractivity contribution >= 4 is 39.0 Å². The Hall–Kier alpha value is -2.85. The average Bonchev–Trinajstić information content (AvgIpc) is 3.33. The van der Waals surface area contributed by atoms with Crippen LogP contribution in [0.4, 0.5) is 20.3 Å². The summed E-state index contributed by atoms with van der Waals surface area (Å²) in [6.45, 7) is 2.50. The normalized spacial score (nSPS) is 22.7. The molecule has 1 amide bonds. The Morgan fingerprint density at radius 2 is 2.06 bits per heavy atom. The number of halogens is 2. The Kier molecular flexibility index (Phi) is 5.65. The number of aromatic nitrogens is 2. The van der Waals surface area contributed by atoms with E-state index in [4.69, 9.17) is 16.5 Å². The van der Waals surface area contributed by atoms with Gasteiger partial charge in [0.25, 0.3) is 5.91 Å². The van der Waals surface area contributed by atoms with E-state index in [1.165, 1.54) is 11.3 Å². The van der Waals surface area contributed by atoms with Gasteiger partial charge in [-0.15, -0.1) is 11.3 Å². The van der Waals surface area contributed by atoms with E-state index in [0.717, 1.165) is 33.6 Å². The highest BCUT2D eigenvalue weighted by molar-refractivity contribution is 7.21. The van der Waals surface area contributed by atoms with E-state index in [1.54, 1.807) is 0 Å². The van der Waals surface area contributed by atoms with Gasteiger partial charge in [-0.25, -0.2) is 18.7 Å². The second kappa shape index (κ2) is 8.49. The van der Waals surface area contributed by atoms with Gasteiger partial charge in [-0.1, -0.05) is 6.07 Å². The third-order valence-corrected chi connectivity index (χ3v) is 7.70. The molecule has 1 unspecified atom stereocenters. The Balaban J connectivity index is 1.27. The van der Waals surface area contributed by atoms with E-state index in [2.05, 4.69) is 10.3 Å². The van der Waals surface area contributed by atoms with Crippen molar-refractivity contribution < 1.29 is 13.6 Å². The Bertz CT molecular complexity index is 1220. The van der Waals surface area contributed by atoms with Crippen molar-refractivity contribution in [3.8, 4) is 0 Å². The molecule has 0 bridgehead atoms. The number of carbonyl (C=O) groups is 1. The number of pyridine rings is 2. The lowest BCUT2D eigenvalue weighted by molar-refractivity contribution is 0.0804. The maximum atomic E-state index is 13.2. The van der Waals surface area contributed by atoms with Crippen LogP contribution in [-0.4, -0.2) is 47.5 Å². The van der Waals surface area contributed by atoms with Gasteiger partial charge >= 0.3 is 0 Å². The van der Waals surface area contributed by atoms with Crippen LogP contribution in [0.5, 0.6) is 0 Å². The quantitative estimate of drug-likeness (QED) is 0.539. The number of hydrogen-bond acceptors (Lipinski definition) is 7. The standard InChI is InChI=1S/C23H26F2N6OS/c1-11-2-5-14-19(27)20(33-23(14)28-11)22(32)29-13-4-6-17-12(8-13)3-7-18(30-17)31-9-15(21(24)25)16(26)10-31/h2-3,5,7,13,15-16,21H,4,6,8-10,26-27H2,1H3,(H,29,32)/t13-,15?,16+/m0/s1. The van der Waals surface area contributed by atoms with Crippen LogP contribution in [0.15, 0.2) is 24.3 Å². The number of anilines is 2. The predicted octanol–water partition coefficient (Wildman–Crippen LogP) is 2.90. The molecular weight excluding hydrogens is 446 g/mol. The van der Waals surface area contributed by atoms with E-state index in [1.807, 2.05) is 36.1 Å². The van der Waals surface area contributed by atoms with Crippen LogP contribution in [-0.2, 0) is 12.8 Å². The predicted molar refractivity (Wildman–Crippen MR) is 126 cm³/mol. The van der Waals surface area contributed by atoms with Crippen LogP contribution in [0.25, 0.3) is 10.2 Å². The van der Waals surface area contributed by atoms with Crippen molar-refractivity contribution in [2.75, 3.05) is 23.7 Å². The molecule has 3 aromatic rings. The van der Waals surface area contributed by atoms with Gasteiger partial charge < -0.3 is 21.7 Å². The summed E-state index contributed by atoms with van der Waals surface area (Å²) in [5, 5.41) is 3.91. The molecule has 0 spiro atoms. The van der Waals surface area contributed by atoms with Gasteiger partial charge in [0.15, 0.2) is 0 Å². The molecule has 7 nitrogen and oxygen atoms in total. The highest BCUT2D eigenvalue weighted by atomic mass is 32.1. The molecule has 33 heavy (non-hydrogen) atoms. The van der Waals surface area contributed by atoms with Gasteiger partial charge in [-0.3, -0.25) is 4.79 Å². The smallest absolute Gasteiger partial charge is 0.263 e. The summed E-state index contributed by atoms with van der Waals surface area (Å²) < 4.78 is 26.3. The summed E-state index contributed by atoms with van der Waals surface area (Å²) in [5.41, 5.74) is 15.5. The van der Waals surface area contributed by atoms with Crippen LogP contribution in [0.1, 0.15) is 33.0 Å². The number of nitrogens with two attached hydrogens (primary N) is 2. The number of carbonyl (C=O) groups excluding carboxylic acids is 1. The number of alkyl halides is 2. The largest absolute Gasteiger partial charge is 0.397 e. The fourth-order valence-corrected chi connectivity index (χ4v) is 5.76. The molecule has 1 saturated heterocycles. The number of aryl methyl sites for hydroxylation is 2. The third kappa shape index (κ3) is 4.13. The van der Waals surface area contributed by atoms with Crippen LogP contribution in [0, 0.1) is 12.8 Å². The molecular formula is C23H26F2N6OS.